The van der Waals surface area contributed by atoms with Crippen molar-refractivity contribution in [1.82, 2.24) is 10.3 Å². The quantitative estimate of drug-likeness (QED) is 0.515. The second-order valence-electron chi connectivity index (χ2n) is 6.63. The number of ketones is 1. The van der Waals surface area contributed by atoms with Crippen molar-refractivity contribution < 1.29 is 19.5 Å². The number of nitrogen functional groups attached to an aromatic ring is 1. The van der Waals surface area contributed by atoms with E-state index in [-0.39, 0.29) is 29.8 Å². The lowest BCUT2D eigenvalue weighted by Crippen LogP contribution is -2.41. The highest BCUT2D eigenvalue weighted by atomic mass is 16.4. The summed E-state index contributed by atoms with van der Waals surface area (Å²) in [7, 11) is 0. The normalized spacial score (nSPS) is 11.4. The number of aliphatic carboxylic acids is 1. The summed E-state index contributed by atoms with van der Waals surface area (Å²) in [5, 5.41) is 22.5. The molecule has 1 atom stereocenters. The van der Waals surface area contributed by atoms with Crippen LogP contribution in [0.5, 0.6) is 0 Å². The highest BCUT2D eigenvalue weighted by Crippen LogP contribution is 2.20. The van der Waals surface area contributed by atoms with E-state index in [0.29, 0.717) is 10.9 Å². The van der Waals surface area contributed by atoms with Crippen LogP contribution in [0.1, 0.15) is 39.3 Å². The molecule has 1 unspecified atom stereocenters. The van der Waals surface area contributed by atoms with Crippen molar-refractivity contribution in [3.8, 4) is 6.07 Å². The number of carbonyl (C=O) groups excluding carboxylic acids is 2. The van der Waals surface area contributed by atoms with Crippen molar-refractivity contribution in [2.24, 2.45) is 0 Å². The van der Waals surface area contributed by atoms with Crippen LogP contribution in [-0.2, 0) is 4.79 Å². The van der Waals surface area contributed by atoms with Crippen LogP contribution in [0.25, 0.3) is 10.8 Å². The van der Waals surface area contributed by atoms with Crippen molar-refractivity contribution in [1.29, 1.82) is 5.26 Å². The van der Waals surface area contributed by atoms with Gasteiger partial charge >= 0.3 is 5.97 Å². The molecule has 3 aromatic rings. The second kappa shape index (κ2) is 8.84. The zero-order valence-corrected chi connectivity index (χ0v) is 15.8. The van der Waals surface area contributed by atoms with Gasteiger partial charge in [0.25, 0.3) is 5.91 Å². The monoisotopic (exact) mass is 402 g/mol. The summed E-state index contributed by atoms with van der Waals surface area (Å²) in [5.74, 6) is -2.26. The van der Waals surface area contributed by atoms with E-state index in [9.17, 15) is 19.6 Å². The van der Waals surface area contributed by atoms with Crippen LogP contribution in [0.4, 0.5) is 5.69 Å². The minimum Gasteiger partial charge on any atom is -0.481 e. The Kier molecular flexibility index (Phi) is 6.03. The molecule has 0 saturated heterocycles. The third-order valence-electron chi connectivity index (χ3n) is 4.58. The molecule has 1 amide bonds. The molecule has 0 fully saturated rings. The van der Waals surface area contributed by atoms with E-state index in [0.717, 1.165) is 5.39 Å². The zero-order chi connectivity index (χ0) is 21.7. The maximum atomic E-state index is 13.1. The van der Waals surface area contributed by atoms with E-state index < -0.39 is 23.7 Å². The molecule has 0 aliphatic rings. The predicted octanol–water partition coefficient (Wildman–Crippen LogP) is 2.53. The van der Waals surface area contributed by atoms with Crippen LogP contribution >= 0.6 is 0 Å². The molecule has 30 heavy (non-hydrogen) atoms. The van der Waals surface area contributed by atoms with Crippen LogP contribution in [0.2, 0.25) is 0 Å². The number of Topliss-reactive ketones (excluding diaryl/α,β-unsaturated/α-hetero) is 1. The summed E-state index contributed by atoms with van der Waals surface area (Å²) in [6, 6.07) is 14.4. The van der Waals surface area contributed by atoms with Crippen LogP contribution < -0.4 is 11.1 Å². The van der Waals surface area contributed by atoms with E-state index in [1.54, 1.807) is 24.3 Å². The van der Waals surface area contributed by atoms with Gasteiger partial charge in [-0.05, 0) is 29.3 Å². The highest BCUT2D eigenvalue weighted by Gasteiger charge is 2.26. The van der Waals surface area contributed by atoms with Gasteiger partial charge in [-0.2, -0.15) is 5.26 Å². The molecule has 0 aliphatic heterocycles. The van der Waals surface area contributed by atoms with E-state index in [2.05, 4.69) is 10.3 Å². The summed E-state index contributed by atoms with van der Waals surface area (Å²) in [6.45, 7) is 0. The van der Waals surface area contributed by atoms with E-state index in [1.807, 2.05) is 24.3 Å². The molecule has 150 valence electrons. The number of pyridine rings is 1. The highest BCUT2D eigenvalue weighted by molar-refractivity contribution is 6.10. The van der Waals surface area contributed by atoms with Gasteiger partial charge in [-0.1, -0.05) is 36.4 Å². The van der Waals surface area contributed by atoms with Gasteiger partial charge in [-0.3, -0.25) is 14.4 Å². The lowest BCUT2D eigenvalue weighted by molar-refractivity contribution is -0.137. The number of carbonyl (C=O) groups is 3. The number of aromatic nitrogens is 1. The number of nitrogens with zero attached hydrogens (tertiary/aromatic N) is 2. The van der Waals surface area contributed by atoms with Gasteiger partial charge in [-0.15, -0.1) is 0 Å². The molecular formula is C22H18N4O4. The van der Waals surface area contributed by atoms with Crippen LogP contribution in [0.15, 0.2) is 54.7 Å². The standard InChI is InChI=1S/C22H18N4O4/c23-11-19-17(10-14(24)12-25-19)21(29)18(8-9-20(27)28)26-22(30)16-7-3-5-13-4-1-2-6-15(13)16/h1-7,10,12,18H,8-9,24H2,(H,26,30)(H,27,28). The molecular weight excluding hydrogens is 384 g/mol. The minimum atomic E-state index is -1.16. The number of carboxylic acids is 1. The molecule has 2 aromatic carbocycles. The smallest absolute Gasteiger partial charge is 0.303 e. The number of nitrogens with one attached hydrogen (secondary N) is 1. The van der Waals surface area contributed by atoms with Crippen LogP contribution in [-0.4, -0.2) is 33.8 Å². The number of anilines is 1. The predicted molar refractivity (Wildman–Crippen MR) is 110 cm³/mol. The van der Waals surface area contributed by atoms with Gasteiger partial charge in [0.15, 0.2) is 11.5 Å². The summed E-state index contributed by atoms with van der Waals surface area (Å²) < 4.78 is 0. The average Bonchev–Trinajstić information content (AvgIpc) is 2.75. The first-order valence-electron chi connectivity index (χ1n) is 9.11. The number of hydrogen-bond acceptors (Lipinski definition) is 6. The largest absolute Gasteiger partial charge is 0.481 e. The molecule has 0 spiro atoms. The average molecular weight is 402 g/mol. The molecule has 3 rings (SSSR count). The molecule has 8 nitrogen and oxygen atoms in total. The summed E-state index contributed by atoms with van der Waals surface area (Å²) in [5.41, 5.74) is 6.01. The minimum absolute atomic E-state index is 0.0638. The molecule has 0 radical (unpaired) electrons. The molecule has 4 N–H and O–H groups in total. The molecule has 1 aromatic heterocycles. The van der Waals surface area contributed by atoms with Crippen molar-refractivity contribution in [3.05, 3.63) is 71.5 Å². The Morgan fingerprint density at radius 1 is 1.13 bits per heavy atom. The fraction of sp³-hybridized carbons (Fsp3) is 0.136. The number of rotatable bonds is 7. The first-order valence-corrected chi connectivity index (χ1v) is 9.11. The van der Waals surface area contributed by atoms with Crippen molar-refractivity contribution in [2.45, 2.75) is 18.9 Å². The summed E-state index contributed by atoms with van der Waals surface area (Å²) >= 11 is 0. The molecule has 1 heterocycles. The third-order valence-corrected chi connectivity index (χ3v) is 4.58. The number of fused-ring (bicyclic) bond motifs is 1. The maximum Gasteiger partial charge on any atom is 0.303 e. The van der Waals surface area contributed by atoms with E-state index >= 15 is 0 Å². The van der Waals surface area contributed by atoms with E-state index in [4.69, 9.17) is 10.8 Å². The van der Waals surface area contributed by atoms with E-state index in [1.165, 1.54) is 12.3 Å². The summed E-state index contributed by atoms with van der Waals surface area (Å²) in [6.07, 6.45) is 0.754. The van der Waals surface area contributed by atoms with Crippen LogP contribution in [0, 0.1) is 11.3 Å². The SMILES string of the molecule is N#Cc1ncc(N)cc1C(=O)C(CCC(=O)O)NC(=O)c1cccc2ccccc12. The van der Waals surface area contributed by atoms with Crippen LogP contribution in [0.3, 0.4) is 0 Å². The Hall–Kier alpha value is -4.25. The lowest BCUT2D eigenvalue weighted by atomic mass is 9.97. The number of benzene rings is 2. The first kappa shape index (κ1) is 20.5. The maximum absolute atomic E-state index is 13.1. The Balaban J connectivity index is 1.95. The Morgan fingerprint density at radius 2 is 1.87 bits per heavy atom. The number of hydrogen-bond donors (Lipinski definition) is 3. The van der Waals surface area contributed by atoms with Gasteiger partial charge in [0.2, 0.25) is 0 Å². The molecule has 0 saturated carbocycles. The van der Waals surface area contributed by atoms with Gasteiger partial charge in [0, 0.05) is 12.0 Å². The number of carboxylic acid groups (broad SMARTS) is 1. The molecule has 0 bridgehead atoms. The Morgan fingerprint density at radius 3 is 2.60 bits per heavy atom. The molecule has 0 aliphatic carbocycles. The Bertz CT molecular complexity index is 1180. The van der Waals surface area contributed by atoms with Crippen molar-refractivity contribution >= 4 is 34.1 Å². The number of nitrogens with two attached hydrogens (primary N) is 1. The van der Waals surface area contributed by atoms with Crippen molar-refractivity contribution in [2.75, 3.05) is 5.73 Å². The Labute approximate surface area is 172 Å². The topological polar surface area (TPSA) is 146 Å². The zero-order valence-electron chi connectivity index (χ0n) is 15.8. The van der Waals surface area contributed by atoms with Gasteiger partial charge in [0.1, 0.15) is 6.07 Å². The fourth-order valence-electron chi connectivity index (χ4n) is 3.14. The third kappa shape index (κ3) is 4.42. The summed E-state index contributed by atoms with van der Waals surface area (Å²) in [4.78, 5) is 40.9. The van der Waals surface area contributed by atoms with Gasteiger partial charge < -0.3 is 16.2 Å². The fourth-order valence-corrected chi connectivity index (χ4v) is 3.14. The number of amides is 1. The lowest BCUT2D eigenvalue weighted by Gasteiger charge is -2.18. The molecule has 8 heteroatoms. The second-order valence-corrected chi connectivity index (χ2v) is 6.63. The van der Waals surface area contributed by atoms with Gasteiger partial charge in [0.05, 0.1) is 23.5 Å². The number of nitriles is 1. The van der Waals surface area contributed by atoms with Crippen molar-refractivity contribution in [3.63, 3.8) is 0 Å². The van der Waals surface area contributed by atoms with Gasteiger partial charge in [-0.25, -0.2) is 4.98 Å². The first-order chi connectivity index (χ1) is 14.4.